The molecule has 26 heavy (non-hydrogen) atoms. The molecule has 1 aliphatic heterocycles. The summed E-state index contributed by atoms with van der Waals surface area (Å²) in [6, 6.07) is 2.04. The molecule has 0 spiro atoms. The number of hydrogen-bond donors (Lipinski definition) is 1. The van der Waals surface area contributed by atoms with Gasteiger partial charge in [0.05, 0.1) is 17.0 Å². The predicted molar refractivity (Wildman–Crippen MR) is 98.3 cm³/mol. The van der Waals surface area contributed by atoms with E-state index in [0.717, 1.165) is 67.2 Å². The van der Waals surface area contributed by atoms with Gasteiger partial charge in [-0.15, -0.1) is 0 Å². The van der Waals surface area contributed by atoms with Crippen molar-refractivity contribution in [3.05, 3.63) is 29.5 Å². The van der Waals surface area contributed by atoms with Gasteiger partial charge in [0.15, 0.2) is 0 Å². The van der Waals surface area contributed by atoms with Crippen molar-refractivity contribution in [2.24, 2.45) is 11.7 Å². The first-order chi connectivity index (χ1) is 12.6. The summed E-state index contributed by atoms with van der Waals surface area (Å²) >= 11 is 0. The van der Waals surface area contributed by atoms with Crippen molar-refractivity contribution in [2.75, 3.05) is 19.6 Å². The minimum absolute atomic E-state index is 0.177. The number of aryl methyl sites for hydroxylation is 2. The Labute approximate surface area is 154 Å². The van der Waals surface area contributed by atoms with Gasteiger partial charge in [-0.05, 0) is 51.5 Å². The molecule has 0 bridgehead atoms. The van der Waals surface area contributed by atoms with Crippen LogP contribution in [0.3, 0.4) is 0 Å². The molecule has 2 aromatic heterocycles. The van der Waals surface area contributed by atoms with Gasteiger partial charge in [-0.1, -0.05) is 5.16 Å². The lowest BCUT2D eigenvalue weighted by molar-refractivity contribution is -0.130. The summed E-state index contributed by atoms with van der Waals surface area (Å²) in [5.74, 6) is 1.48. The van der Waals surface area contributed by atoms with Gasteiger partial charge in [-0.3, -0.25) is 4.79 Å². The number of amides is 1. The van der Waals surface area contributed by atoms with Crippen LogP contribution < -0.4 is 5.73 Å². The van der Waals surface area contributed by atoms with Gasteiger partial charge in [0.1, 0.15) is 12.1 Å². The molecule has 3 heterocycles. The van der Waals surface area contributed by atoms with E-state index in [9.17, 15) is 4.79 Å². The number of aromatic nitrogens is 3. The van der Waals surface area contributed by atoms with E-state index in [1.54, 1.807) is 6.33 Å². The molecule has 1 fully saturated rings. The highest BCUT2D eigenvalue weighted by Gasteiger charge is 2.21. The summed E-state index contributed by atoms with van der Waals surface area (Å²) in [5.41, 5.74) is 9.19. The van der Waals surface area contributed by atoms with Crippen molar-refractivity contribution in [1.29, 1.82) is 0 Å². The second kappa shape index (κ2) is 8.40. The molecule has 1 aliphatic rings. The summed E-state index contributed by atoms with van der Waals surface area (Å²) in [6.07, 6.45) is 6.10. The molecular weight excluding hydrogens is 330 g/mol. The van der Waals surface area contributed by atoms with Crippen molar-refractivity contribution in [2.45, 2.75) is 46.0 Å². The molecule has 1 amide bonds. The van der Waals surface area contributed by atoms with Crippen LogP contribution in [0.1, 0.15) is 42.8 Å². The van der Waals surface area contributed by atoms with E-state index < -0.39 is 0 Å². The average Bonchev–Trinajstić information content (AvgIpc) is 2.82. The summed E-state index contributed by atoms with van der Waals surface area (Å²) in [7, 11) is 0. The number of nitrogens with two attached hydrogens (primary N) is 1. The lowest BCUT2D eigenvalue weighted by Crippen LogP contribution is -2.33. The van der Waals surface area contributed by atoms with E-state index in [4.69, 9.17) is 10.3 Å². The van der Waals surface area contributed by atoms with Gasteiger partial charge in [-0.25, -0.2) is 9.97 Å². The number of nitrogens with zero attached hydrogens (tertiary/aromatic N) is 4. The van der Waals surface area contributed by atoms with Crippen LogP contribution in [0.2, 0.25) is 0 Å². The number of carbonyl (C=O) groups excluding carboxylic acids is 1. The lowest BCUT2D eigenvalue weighted by Gasteiger charge is -2.20. The zero-order valence-electron chi connectivity index (χ0n) is 15.6. The zero-order valence-corrected chi connectivity index (χ0v) is 15.6. The first kappa shape index (κ1) is 18.5. The number of likely N-dealkylation sites (tertiary alicyclic amines) is 1. The summed E-state index contributed by atoms with van der Waals surface area (Å²) in [4.78, 5) is 22.9. The van der Waals surface area contributed by atoms with Crippen LogP contribution in [-0.4, -0.2) is 45.6 Å². The summed E-state index contributed by atoms with van der Waals surface area (Å²) in [6.45, 7) is 5.89. The second-order valence-corrected chi connectivity index (χ2v) is 7.01. The molecule has 1 saturated heterocycles. The fraction of sp³-hybridized carbons (Fsp3) is 0.579. The smallest absolute Gasteiger partial charge is 0.223 e. The van der Waals surface area contributed by atoms with Crippen LogP contribution in [0, 0.1) is 19.8 Å². The number of rotatable bonds is 5. The molecule has 3 rings (SSSR count). The van der Waals surface area contributed by atoms with Crippen LogP contribution >= 0.6 is 0 Å². The minimum atomic E-state index is 0.177. The Balaban J connectivity index is 1.66. The third kappa shape index (κ3) is 4.27. The van der Waals surface area contributed by atoms with Gasteiger partial charge < -0.3 is 15.2 Å². The fourth-order valence-corrected chi connectivity index (χ4v) is 3.69. The Hall–Kier alpha value is -2.28. The Morgan fingerprint density at radius 2 is 2.15 bits per heavy atom. The molecule has 0 aromatic carbocycles. The summed E-state index contributed by atoms with van der Waals surface area (Å²) in [5, 5.41) is 4.01. The molecule has 0 radical (unpaired) electrons. The number of carbonyl (C=O) groups is 1. The van der Waals surface area contributed by atoms with E-state index in [-0.39, 0.29) is 5.91 Å². The van der Waals surface area contributed by atoms with Crippen LogP contribution in [0.15, 0.2) is 16.9 Å². The molecule has 1 atom stereocenters. The van der Waals surface area contributed by atoms with Gasteiger partial charge in [0.25, 0.3) is 0 Å². The molecule has 7 nitrogen and oxygen atoms in total. The van der Waals surface area contributed by atoms with Gasteiger partial charge >= 0.3 is 0 Å². The van der Waals surface area contributed by atoms with Crippen LogP contribution in [0.4, 0.5) is 0 Å². The highest BCUT2D eigenvalue weighted by molar-refractivity contribution is 5.76. The first-order valence-electron chi connectivity index (χ1n) is 9.30. The minimum Gasteiger partial charge on any atom is -0.361 e. The molecule has 0 aliphatic carbocycles. The zero-order chi connectivity index (χ0) is 18.5. The Morgan fingerprint density at radius 1 is 1.31 bits per heavy atom. The topological polar surface area (TPSA) is 98.1 Å². The second-order valence-electron chi connectivity index (χ2n) is 7.01. The Morgan fingerprint density at radius 3 is 2.88 bits per heavy atom. The van der Waals surface area contributed by atoms with E-state index >= 15 is 0 Å². The predicted octanol–water partition coefficient (Wildman–Crippen LogP) is 2.27. The molecule has 0 unspecified atom stereocenters. The molecule has 140 valence electrons. The Kier molecular flexibility index (Phi) is 5.98. The SMILES string of the molecule is Cc1noc(C)c1-c1cc(C[C@H]2CCCN(C(=O)CCN)CC2)ncn1. The maximum absolute atomic E-state index is 12.1. The van der Waals surface area contributed by atoms with E-state index in [2.05, 4.69) is 15.1 Å². The standard InChI is InChI=1S/C19H27N5O2/c1-13-19(14(2)26-23-13)17-11-16(21-12-22-17)10-15-4-3-8-24(9-6-15)18(25)5-7-20/h11-12,15H,3-10,20H2,1-2H3/t15-/m0/s1. The van der Waals surface area contributed by atoms with Crippen molar-refractivity contribution in [3.8, 4) is 11.3 Å². The fourth-order valence-electron chi connectivity index (χ4n) is 3.69. The highest BCUT2D eigenvalue weighted by atomic mass is 16.5. The molecular formula is C19H27N5O2. The normalized spacial score (nSPS) is 18.0. The van der Waals surface area contributed by atoms with E-state index in [0.29, 0.717) is 18.9 Å². The maximum Gasteiger partial charge on any atom is 0.223 e. The van der Waals surface area contributed by atoms with Crippen LogP contribution in [0.25, 0.3) is 11.3 Å². The molecule has 0 saturated carbocycles. The van der Waals surface area contributed by atoms with Crippen molar-refractivity contribution >= 4 is 5.91 Å². The lowest BCUT2D eigenvalue weighted by atomic mass is 9.94. The maximum atomic E-state index is 12.1. The molecule has 7 heteroatoms. The van der Waals surface area contributed by atoms with Gasteiger partial charge in [-0.2, -0.15) is 0 Å². The Bertz CT molecular complexity index is 739. The van der Waals surface area contributed by atoms with Gasteiger partial charge in [0, 0.05) is 31.7 Å². The van der Waals surface area contributed by atoms with Crippen LogP contribution in [-0.2, 0) is 11.2 Å². The van der Waals surface area contributed by atoms with Crippen molar-refractivity contribution in [3.63, 3.8) is 0 Å². The largest absolute Gasteiger partial charge is 0.361 e. The third-order valence-electron chi connectivity index (χ3n) is 5.07. The van der Waals surface area contributed by atoms with Crippen molar-refractivity contribution in [1.82, 2.24) is 20.0 Å². The first-order valence-corrected chi connectivity index (χ1v) is 9.30. The van der Waals surface area contributed by atoms with Gasteiger partial charge in [0.2, 0.25) is 5.91 Å². The third-order valence-corrected chi connectivity index (χ3v) is 5.07. The quantitative estimate of drug-likeness (QED) is 0.881. The number of hydrogen-bond acceptors (Lipinski definition) is 6. The summed E-state index contributed by atoms with van der Waals surface area (Å²) < 4.78 is 5.25. The van der Waals surface area contributed by atoms with E-state index in [1.807, 2.05) is 24.8 Å². The van der Waals surface area contributed by atoms with E-state index in [1.165, 1.54) is 0 Å². The average molecular weight is 357 g/mol. The van der Waals surface area contributed by atoms with Crippen LogP contribution in [0.5, 0.6) is 0 Å². The molecule has 2 N–H and O–H groups in total. The monoisotopic (exact) mass is 357 g/mol. The molecule has 2 aromatic rings. The highest BCUT2D eigenvalue weighted by Crippen LogP contribution is 2.27. The van der Waals surface area contributed by atoms with Crippen molar-refractivity contribution < 1.29 is 9.32 Å².